The fourth-order valence-electron chi connectivity index (χ4n) is 2.04. The summed E-state index contributed by atoms with van der Waals surface area (Å²) in [6.07, 6.45) is 0. The first-order valence-corrected chi connectivity index (χ1v) is 10.0. The average molecular weight is 353 g/mol. The molecule has 5 rings (SSSR count). The summed E-state index contributed by atoms with van der Waals surface area (Å²) >= 11 is 5.25. The summed E-state index contributed by atoms with van der Waals surface area (Å²) in [4.78, 5) is 0. The van der Waals surface area contributed by atoms with E-state index in [1.54, 1.807) is 34.0 Å². The highest BCUT2D eigenvalue weighted by Crippen LogP contribution is 2.19. The molecule has 0 saturated carbocycles. The molecule has 3 heterocycles. The van der Waals surface area contributed by atoms with Crippen LogP contribution in [0, 0.1) is 0 Å². The Balaban J connectivity index is 0.000000107. The summed E-state index contributed by atoms with van der Waals surface area (Å²) in [5.74, 6) is 0. The van der Waals surface area contributed by atoms with Gasteiger partial charge in [-0.25, -0.2) is 0 Å². The molecule has 5 aromatic rings. The van der Waals surface area contributed by atoms with E-state index >= 15 is 0 Å². The molecular formula is C20H16S3. The van der Waals surface area contributed by atoms with Crippen LogP contribution in [0.25, 0.3) is 20.9 Å². The Labute approximate surface area is 148 Å². The van der Waals surface area contributed by atoms with Gasteiger partial charge in [-0.1, -0.05) is 54.6 Å². The SMILES string of the molecule is c1ccc2cscc2c1.c1ccc2sccc2c1.c1ccsc1. The number of thiophene rings is 3. The van der Waals surface area contributed by atoms with Crippen molar-refractivity contribution in [2.45, 2.75) is 0 Å². The Bertz CT molecular complexity index is 786. The summed E-state index contributed by atoms with van der Waals surface area (Å²) in [7, 11) is 0. The first-order valence-electron chi connectivity index (χ1n) is 7.24. The monoisotopic (exact) mass is 352 g/mol. The highest BCUT2D eigenvalue weighted by atomic mass is 32.1. The van der Waals surface area contributed by atoms with Gasteiger partial charge in [0.2, 0.25) is 0 Å². The lowest BCUT2D eigenvalue weighted by Crippen LogP contribution is -1.57. The molecule has 0 bridgehead atoms. The van der Waals surface area contributed by atoms with E-state index < -0.39 is 0 Å². The zero-order valence-electron chi connectivity index (χ0n) is 12.5. The zero-order chi connectivity index (χ0) is 15.7. The molecule has 3 aromatic heterocycles. The molecule has 114 valence electrons. The van der Waals surface area contributed by atoms with Crippen molar-refractivity contribution in [2.75, 3.05) is 0 Å². The van der Waals surface area contributed by atoms with Crippen molar-refractivity contribution >= 4 is 54.9 Å². The topological polar surface area (TPSA) is 0 Å². The summed E-state index contributed by atoms with van der Waals surface area (Å²) < 4.78 is 1.37. The minimum Gasteiger partial charge on any atom is -0.152 e. The maximum atomic E-state index is 2.16. The van der Waals surface area contributed by atoms with Crippen LogP contribution >= 0.6 is 34.0 Å². The number of hydrogen-bond donors (Lipinski definition) is 0. The molecule has 0 saturated heterocycles. The Morgan fingerprint density at radius 2 is 1.09 bits per heavy atom. The fourth-order valence-corrected chi connectivity index (χ4v) is 4.07. The van der Waals surface area contributed by atoms with Gasteiger partial charge in [-0.2, -0.15) is 22.7 Å². The van der Waals surface area contributed by atoms with Crippen molar-refractivity contribution in [3.8, 4) is 0 Å². The number of fused-ring (bicyclic) bond motifs is 2. The standard InChI is InChI=1S/2C8H6S.C4H4S/c1-2-4-8-6-9-5-7(8)3-1;1-2-4-8-7(3-1)5-6-9-8;1-2-4-5-3-1/h2*1-6H;1-4H. The Hall–Kier alpha value is -1.94. The predicted octanol–water partition coefficient (Wildman–Crippen LogP) is 7.55. The minimum atomic E-state index is 1.35. The molecule has 0 amide bonds. The Morgan fingerprint density at radius 1 is 0.478 bits per heavy atom. The molecule has 3 heteroatoms. The maximum absolute atomic E-state index is 2.16. The van der Waals surface area contributed by atoms with Crippen molar-refractivity contribution in [3.63, 3.8) is 0 Å². The molecule has 0 atom stereocenters. The van der Waals surface area contributed by atoms with Crippen molar-refractivity contribution in [1.29, 1.82) is 0 Å². The molecule has 2 aromatic carbocycles. The summed E-state index contributed by atoms with van der Waals surface area (Å²) in [5, 5.41) is 14.6. The first-order chi connectivity index (χ1) is 11.4. The molecule has 0 aliphatic rings. The highest BCUT2D eigenvalue weighted by molar-refractivity contribution is 7.17. The van der Waals surface area contributed by atoms with E-state index in [1.807, 2.05) is 22.9 Å². The molecule has 0 aliphatic heterocycles. The van der Waals surface area contributed by atoms with Gasteiger partial charge in [0.15, 0.2) is 0 Å². The highest BCUT2D eigenvalue weighted by Gasteiger charge is 1.88. The van der Waals surface area contributed by atoms with Gasteiger partial charge in [0.1, 0.15) is 0 Å². The summed E-state index contributed by atoms with van der Waals surface area (Å²) in [6, 6.07) is 23.0. The molecule has 0 fully saturated rings. The molecule has 23 heavy (non-hydrogen) atoms. The van der Waals surface area contributed by atoms with E-state index in [-0.39, 0.29) is 0 Å². The van der Waals surface area contributed by atoms with Gasteiger partial charge in [-0.05, 0) is 55.2 Å². The minimum absolute atomic E-state index is 1.35. The van der Waals surface area contributed by atoms with E-state index in [2.05, 4.69) is 70.7 Å². The third kappa shape index (κ3) is 4.76. The maximum Gasteiger partial charge on any atom is 0.0342 e. The van der Waals surface area contributed by atoms with Crippen LogP contribution in [-0.4, -0.2) is 0 Å². The second kappa shape index (κ2) is 8.63. The summed E-state index contributed by atoms with van der Waals surface area (Å²) in [6.45, 7) is 0. The predicted molar refractivity (Wildman–Crippen MR) is 108 cm³/mol. The average Bonchev–Trinajstić information content (AvgIpc) is 3.37. The van der Waals surface area contributed by atoms with Crippen LogP contribution in [0.2, 0.25) is 0 Å². The van der Waals surface area contributed by atoms with Crippen LogP contribution in [0.1, 0.15) is 0 Å². The van der Waals surface area contributed by atoms with E-state index in [0.717, 1.165) is 0 Å². The number of hydrogen-bond acceptors (Lipinski definition) is 3. The van der Waals surface area contributed by atoms with Crippen molar-refractivity contribution in [3.05, 3.63) is 93.6 Å². The van der Waals surface area contributed by atoms with Gasteiger partial charge in [-0.15, -0.1) is 11.3 Å². The molecular weight excluding hydrogens is 336 g/mol. The van der Waals surface area contributed by atoms with E-state index in [4.69, 9.17) is 0 Å². The fraction of sp³-hybridized carbons (Fsp3) is 0. The van der Waals surface area contributed by atoms with Gasteiger partial charge in [-0.3, -0.25) is 0 Å². The second-order valence-electron chi connectivity index (χ2n) is 4.75. The summed E-state index contributed by atoms with van der Waals surface area (Å²) in [5.41, 5.74) is 0. The van der Waals surface area contributed by atoms with Crippen LogP contribution in [0.5, 0.6) is 0 Å². The van der Waals surface area contributed by atoms with Gasteiger partial charge in [0.25, 0.3) is 0 Å². The van der Waals surface area contributed by atoms with Crippen LogP contribution in [-0.2, 0) is 0 Å². The molecule has 0 aliphatic carbocycles. The first kappa shape index (κ1) is 15.9. The van der Waals surface area contributed by atoms with Gasteiger partial charge >= 0.3 is 0 Å². The lowest BCUT2D eigenvalue weighted by Gasteiger charge is -1.82. The van der Waals surface area contributed by atoms with Gasteiger partial charge in [0.05, 0.1) is 0 Å². The quantitative estimate of drug-likeness (QED) is 0.270. The molecule has 0 N–H and O–H groups in total. The van der Waals surface area contributed by atoms with Crippen LogP contribution < -0.4 is 0 Å². The van der Waals surface area contributed by atoms with E-state index in [9.17, 15) is 0 Å². The Morgan fingerprint density at radius 3 is 1.65 bits per heavy atom. The molecule has 0 unspecified atom stereocenters. The van der Waals surface area contributed by atoms with Crippen LogP contribution in [0.4, 0.5) is 0 Å². The van der Waals surface area contributed by atoms with E-state index in [0.29, 0.717) is 0 Å². The van der Waals surface area contributed by atoms with Crippen molar-refractivity contribution in [2.24, 2.45) is 0 Å². The number of benzene rings is 2. The van der Waals surface area contributed by atoms with E-state index in [1.165, 1.54) is 20.9 Å². The molecule has 0 spiro atoms. The Kier molecular flexibility index (Phi) is 5.98. The third-order valence-electron chi connectivity index (χ3n) is 3.17. The van der Waals surface area contributed by atoms with Gasteiger partial charge < -0.3 is 0 Å². The lowest BCUT2D eigenvalue weighted by molar-refractivity contribution is 1.85. The zero-order valence-corrected chi connectivity index (χ0v) is 14.9. The third-order valence-corrected chi connectivity index (χ3v) is 5.48. The second-order valence-corrected chi connectivity index (χ2v) is 7.26. The largest absolute Gasteiger partial charge is 0.152 e. The van der Waals surface area contributed by atoms with Gasteiger partial charge in [0, 0.05) is 4.70 Å². The number of rotatable bonds is 0. The molecule has 0 nitrogen and oxygen atoms in total. The smallest absolute Gasteiger partial charge is 0.0342 e. The van der Waals surface area contributed by atoms with Crippen LogP contribution in [0.3, 0.4) is 0 Å². The van der Waals surface area contributed by atoms with Crippen LogP contribution in [0.15, 0.2) is 93.6 Å². The normalized spacial score (nSPS) is 9.74. The van der Waals surface area contributed by atoms with Crippen molar-refractivity contribution in [1.82, 2.24) is 0 Å². The lowest BCUT2D eigenvalue weighted by atomic mass is 10.2. The molecule has 0 radical (unpaired) electrons. The van der Waals surface area contributed by atoms with Crippen molar-refractivity contribution < 1.29 is 0 Å².